The SMILES string of the molecule is CCC(C)Cn1cc([N+](=O)[O-])c(C(=O)O)n1. The molecule has 1 rings (SSSR count). The Kier molecular flexibility index (Phi) is 3.60. The van der Waals surface area contributed by atoms with Gasteiger partial charge < -0.3 is 5.11 Å². The lowest BCUT2D eigenvalue weighted by molar-refractivity contribution is -0.385. The summed E-state index contributed by atoms with van der Waals surface area (Å²) in [5.74, 6) is -1.09. The monoisotopic (exact) mass is 227 g/mol. The molecule has 16 heavy (non-hydrogen) atoms. The molecule has 0 saturated carbocycles. The first-order chi connectivity index (χ1) is 7.45. The second kappa shape index (κ2) is 4.73. The van der Waals surface area contributed by atoms with Crippen LogP contribution in [0, 0.1) is 16.0 Å². The Labute approximate surface area is 91.8 Å². The van der Waals surface area contributed by atoms with Gasteiger partial charge in [-0.15, -0.1) is 0 Å². The van der Waals surface area contributed by atoms with Crippen molar-refractivity contribution in [1.29, 1.82) is 0 Å². The number of hydrogen-bond donors (Lipinski definition) is 1. The zero-order chi connectivity index (χ0) is 12.3. The fourth-order valence-corrected chi connectivity index (χ4v) is 1.24. The molecule has 1 atom stereocenters. The van der Waals surface area contributed by atoms with E-state index in [1.165, 1.54) is 4.68 Å². The highest BCUT2D eigenvalue weighted by atomic mass is 16.6. The molecule has 0 spiro atoms. The van der Waals surface area contributed by atoms with Crippen LogP contribution in [0.1, 0.15) is 30.8 Å². The molecule has 0 amide bonds. The molecule has 1 N–H and O–H groups in total. The highest BCUT2D eigenvalue weighted by Crippen LogP contribution is 2.17. The molecule has 0 saturated heterocycles. The predicted octanol–water partition coefficient (Wildman–Crippen LogP) is 1.54. The van der Waals surface area contributed by atoms with Crippen LogP contribution >= 0.6 is 0 Å². The van der Waals surface area contributed by atoms with Crippen molar-refractivity contribution in [2.45, 2.75) is 26.8 Å². The van der Waals surface area contributed by atoms with Crippen molar-refractivity contribution in [2.24, 2.45) is 5.92 Å². The van der Waals surface area contributed by atoms with Crippen LogP contribution in [0.2, 0.25) is 0 Å². The van der Waals surface area contributed by atoms with Crippen LogP contribution < -0.4 is 0 Å². The van der Waals surface area contributed by atoms with E-state index in [2.05, 4.69) is 5.10 Å². The second-order valence-corrected chi connectivity index (χ2v) is 3.66. The molecule has 1 aromatic rings. The fraction of sp³-hybridized carbons (Fsp3) is 0.556. The lowest BCUT2D eigenvalue weighted by atomic mass is 10.1. The third-order valence-corrected chi connectivity index (χ3v) is 2.34. The van der Waals surface area contributed by atoms with E-state index >= 15 is 0 Å². The lowest BCUT2D eigenvalue weighted by Crippen LogP contribution is -2.08. The Bertz CT molecular complexity index is 381. The Morgan fingerprint density at radius 2 is 2.38 bits per heavy atom. The normalized spacial score (nSPS) is 12.4. The van der Waals surface area contributed by atoms with Gasteiger partial charge in [-0.25, -0.2) is 4.79 Å². The number of hydrogen-bond acceptors (Lipinski definition) is 4. The first-order valence-electron chi connectivity index (χ1n) is 4.90. The third kappa shape index (κ3) is 2.56. The highest BCUT2D eigenvalue weighted by molar-refractivity contribution is 5.89. The van der Waals surface area contributed by atoms with Gasteiger partial charge in [0.15, 0.2) is 0 Å². The molecule has 0 radical (unpaired) electrons. The molecule has 0 bridgehead atoms. The van der Waals surface area contributed by atoms with Gasteiger partial charge >= 0.3 is 11.7 Å². The summed E-state index contributed by atoms with van der Waals surface area (Å²) in [4.78, 5) is 20.6. The largest absolute Gasteiger partial charge is 0.476 e. The molecule has 0 aliphatic carbocycles. The van der Waals surface area contributed by atoms with E-state index in [0.717, 1.165) is 12.6 Å². The minimum absolute atomic E-state index is 0.293. The average molecular weight is 227 g/mol. The maximum absolute atomic E-state index is 10.7. The molecule has 7 heteroatoms. The lowest BCUT2D eigenvalue weighted by Gasteiger charge is -2.06. The minimum atomic E-state index is -1.38. The molecule has 7 nitrogen and oxygen atoms in total. The van der Waals surface area contributed by atoms with Crippen LogP contribution in [0.3, 0.4) is 0 Å². The van der Waals surface area contributed by atoms with Crippen molar-refractivity contribution in [2.75, 3.05) is 0 Å². The van der Waals surface area contributed by atoms with Crippen LogP contribution in [-0.2, 0) is 6.54 Å². The van der Waals surface area contributed by atoms with E-state index in [1.807, 2.05) is 13.8 Å². The Morgan fingerprint density at radius 3 is 2.75 bits per heavy atom. The number of carbonyl (C=O) groups is 1. The summed E-state index contributed by atoms with van der Waals surface area (Å²) in [5.41, 5.74) is -0.968. The summed E-state index contributed by atoms with van der Waals surface area (Å²) in [6, 6.07) is 0. The van der Waals surface area contributed by atoms with Gasteiger partial charge in [0.1, 0.15) is 6.20 Å². The van der Waals surface area contributed by atoms with Crippen LogP contribution in [-0.4, -0.2) is 25.8 Å². The number of rotatable bonds is 5. The molecular formula is C9H13N3O4. The maximum Gasteiger partial charge on any atom is 0.363 e. The topological polar surface area (TPSA) is 98.3 Å². The number of carboxylic acid groups (broad SMARTS) is 1. The summed E-state index contributed by atoms with van der Waals surface area (Å²) >= 11 is 0. The zero-order valence-electron chi connectivity index (χ0n) is 9.08. The molecular weight excluding hydrogens is 214 g/mol. The Balaban J connectivity index is 3.02. The molecule has 0 aliphatic rings. The second-order valence-electron chi connectivity index (χ2n) is 3.66. The molecule has 0 fully saturated rings. The van der Waals surface area contributed by atoms with Gasteiger partial charge in [-0.2, -0.15) is 5.10 Å². The van der Waals surface area contributed by atoms with Crippen molar-refractivity contribution in [3.05, 3.63) is 22.0 Å². The molecule has 0 aliphatic heterocycles. The van der Waals surface area contributed by atoms with Gasteiger partial charge in [0.05, 0.1) is 4.92 Å². The number of aromatic carboxylic acids is 1. The number of aromatic nitrogens is 2. The Morgan fingerprint density at radius 1 is 1.75 bits per heavy atom. The van der Waals surface area contributed by atoms with Gasteiger partial charge in [-0.3, -0.25) is 14.8 Å². The molecule has 0 aromatic carbocycles. The molecule has 1 aromatic heterocycles. The van der Waals surface area contributed by atoms with E-state index in [0.29, 0.717) is 12.5 Å². The van der Waals surface area contributed by atoms with Crippen molar-refractivity contribution >= 4 is 11.7 Å². The molecule has 1 unspecified atom stereocenters. The summed E-state index contributed by atoms with van der Waals surface area (Å²) in [5, 5.41) is 23.0. The Hall–Kier alpha value is -1.92. The van der Waals surface area contributed by atoms with E-state index in [-0.39, 0.29) is 0 Å². The van der Waals surface area contributed by atoms with Crippen molar-refractivity contribution in [1.82, 2.24) is 9.78 Å². The number of carboxylic acids is 1. The average Bonchev–Trinajstić information content (AvgIpc) is 2.61. The number of nitrogens with zero attached hydrogens (tertiary/aromatic N) is 3. The zero-order valence-corrected chi connectivity index (χ0v) is 9.08. The minimum Gasteiger partial charge on any atom is -0.476 e. The van der Waals surface area contributed by atoms with Crippen LogP contribution in [0.5, 0.6) is 0 Å². The van der Waals surface area contributed by atoms with Crippen LogP contribution in [0.15, 0.2) is 6.20 Å². The van der Waals surface area contributed by atoms with Crippen LogP contribution in [0.4, 0.5) is 5.69 Å². The van der Waals surface area contributed by atoms with Gasteiger partial charge in [0.25, 0.3) is 0 Å². The quantitative estimate of drug-likeness (QED) is 0.607. The molecule has 1 heterocycles. The summed E-state index contributed by atoms with van der Waals surface area (Å²) < 4.78 is 1.32. The third-order valence-electron chi connectivity index (χ3n) is 2.34. The van der Waals surface area contributed by atoms with Gasteiger partial charge in [0, 0.05) is 6.54 Å². The first-order valence-corrected chi connectivity index (χ1v) is 4.90. The van der Waals surface area contributed by atoms with Crippen LogP contribution in [0.25, 0.3) is 0 Å². The van der Waals surface area contributed by atoms with Crippen molar-refractivity contribution in [3.63, 3.8) is 0 Å². The first kappa shape index (κ1) is 12.2. The van der Waals surface area contributed by atoms with E-state index < -0.39 is 22.3 Å². The van der Waals surface area contributed by atoms with Gasteiger partial charge in [-0.05, 0) is 5.92 Å². The fourth-order valence-electron chi connectivity index (χ4n) is 1.24. The highest BCUT2D eigenvalue weighted by Gasteiger charge is 2.25. The molecule has 88 valence electrons. The van der Waals surface area contributed by atoms with E-state index in [4.69, 9.17) is 5.11 Å². The van der Waals surface area contributed by atoms with Gasteiger partial charge in [-0.1, -0.05) is 20.3 Å². The standard InChI is InChI=1S/C9H13N3O4/c1-3-6(2)4-11-5-7(12(15)16)8(10-11)9(13)14/h5-6H,3-4H2,1-2H3,(H,13,14). The van der Waals surface area contributed by atoms with Crippen molar-refractivity contribution < 1.29 is 14.8 Å². The van der Waals surface area contributed by atoms with Gasteiger partial charge in [0.2, 0.25) is 5.69 Å². The summed E-state index contributed by atoms with van der Waals surface area (Å²) in [6.45, 7) is 4.43. The number of nitro groups is 1. The van der Waals surface area contributed by atoms with Crippen molar-refractivity contribution in [3.8, 4) is 0 Å². The summed E-state index contributed by atoms with van der Waals surface area (Å²) in [6.07, 6.45) is 2.06. The van der Waals surface area contributed by atoms with E-state index in [1.54, 1.807) is 0 Å². The smallest absolute Gasteiger partial charge is 0.363 e. The summed E-state index contributed by atoms with van der Waals surface area (Å²) in [7, 11) is 0. The maximum atomic E-state index is 10.7. The predicted molar refractivity (Wildman–Crippen MR) is 55.3 cm³/mol. The van der Waals surface area contributed by atoms with E-state index in [9.17, 15) is 14.9 Å².